The molecule has 2 aromatic rings. The Labute approximate surface area is 116 Å². The lowest BCUT2D eigenvalue weighted by atomic mass is 10.1. The maximum atomic E-state index is 10.9. The summed E-state index contributed by atoms with van der Waals surface area (Å²) in [6.45, 7) is 4.13. The second-order valence-electron chi connectivity index (χ2n) is 5.11. The highest BCUT2D eigenvalue weighted by Gasteiger charge is 2.16. The van der Waals surface area contributed by atoms with Crippen molar-refractivity contribution in [3.8, 4) is 0 Å². The van der Waals surface area contributed by atoms with Gasteiger partial charge in [-0.25, -0.2) is 0 Å². The van der Waals surface area contributed by atoms with Gasteiger partial charge >= 0.3 is 0 Å². The van der Waals surface area contributed by atoms with E-state index in [2.05, 4.69) is 11.1 Å². The van der Waals surface area contributed by atoms with Crippen LogP contribution in [0.1, 0.15) is 5.56 Å². The lowest BCUT2D eigenvalue weighted by molar-refractivity contribution is -0.384. The predicted molar refractivity (Wildman–Crippen MR) is 75.7 cm³/mol. The highest BCUT2D eigenvalue weighted by atomic mass is 16.6. The normalized spacial score (nSPS) is 16.6. The van der Waals surface area contributed by atoms with Crippen LogP contribution in [0.2, 0.25) is 0 Å². The largest absolute Gasteiger partial charge is 0.379 e. The van der Waals surface area contributed by atoms with E-state index >= 15 is 0 Å². The SMILES string of the molecule is Cn1cc(CN2CCOCC2)c2cc([N+](=O)[O-])ccc21. The molecule has 1 fully saturated rings. The van der Waals surface area contributed by atoms with Gasteiger partial charge in [0, 0.05) is 55.9 Å². The molecule has 0 amide bonds. The minimum Gasteiger partial charge on any atom is -0.379 e. The molecule has 0 aliphatic carbocycles. The Morgan fingerprint density at radius 3 is 2.80 bits per heavy atom. The molecule has 0 atom stereocenters. The molecule has 2 heterocycles. The quantitative estimate of drug-likeness (QED) is 0.634. The fourth-order valence-electron chi connectivity index (χ4n) is 2.70. The molecular formula is C14H17N3O3. The maximum absolute atomic E-state index is 10.9. The minimum atomic E-state index is -0.342. The number of benzene rings is 1. The fourth-order valence-corrected chi connectivity index (χ4v) is 2.70. The molecule has 0 radical (unpaired) electrons. The molecular weight excluding hydrogens is 258 g/mol. The molecule has 0 saturated carbocycles. The number of fused-ring (bicyclic) bond motifs is 1. The molecule has 20 heavy (non-hydrogen) atoms. The number of aromatic nitrogens is 1. The van der Waals surface area contributed by atoms with Crippen molar-refractivity contribution in [3.63, 3.8) is 0 Å². The van der Waals surface area contributed by atoms with Crippen LogP contribution in [-0.2, 0) is 18.3 Å². The van der Waals surface area contributed by atoms with Crippen molar-refractivity contribution in [3.05, 3.63) is 40.1 Å². The molecule has 1 aliphatic heterocycles. The van der Waals surface area contributed by atoms with E-state index in [1.54, 1.807) is 12.1 Å². The Morgan fingerprint density at radius 2 is 2.10 bits per heavy atom. The summed E-state index contributed by atoms with van der Waals surface area (Å²) < 4.78 is 7.37. The van der Waals surface area contributed by atoms with Crippen molar-refractivity contribution >= 4 is 16.6 Å². The number of nitrogens with zero attached hydrogens (tertiary/aromatic N) is 3. The minimum absolute atomic E-state index is 0.145. The molecule has 6 nitrogen and oxygen atoms in total. The number of hydrogen-bond donors (Lipinski definition) is 0. The standard InChI is InChI=1S/C14H17N3O3/c1-15-9-11(10-16-4-6-20-7-5-16)13-8-12(17(18)19)2-3-14(13)15/h2-3,8-9H,4-7,10H2,1H3. The first-order valence-corrected chi connectivity index (χ1v) is 6.67. The van der Waals surface area contributed by atoms with Crippen molar-refractivity contribution in [1.82, 2.24) is 9.47 Å². The number of hydrogen-bond acceptors (Lipinski definition) is 4. The number of ether oxygens (including phenoxy) is 1. The van der Waals surface area contributed by atoms with Gasteiger partial charge in [-0.15, -0.1) is 0 Å². The van der Waals surface area contributed by atoms with Crippen LogP contribution in [0.15, 0.2) is 24.4 Å². The third-order valence-electron chi connectivity index (χ3n) is 3.76. The van der Waals surface area contributed by atoms with Gasteiger partial charge in [0.2, 0.25) is 0 Å². The van der Waals surface area contributed by atoms with E-state index in [4.69, 9.17) is 4.74 Å². The smallest absolute Gasteiger partial charge is 0.270 e. The van der Waals surface area contributed by atoms with Gasteiger partial charge < -0.3 is 9.30 Å². The lowest BCUT2D eigenvalue weighted by Crippen LogP contribution is -2.35. The second kappa shape index (κ2) is 5.22. The summed E-state index contributed by atoms with van der Waals surface area (Å²) in [5.41, 5.74) is 2.30. The van der Waals surface area contributed by atoms with Gasteiger partial charge in [0.15, 0.2) is 0 Å². The zero-order chi connectivity index (χ0) is 14.1. The maximum Gasteiger partial charge on any atom is 0.270 e. The molecule has 106 valence electrons. The third kappa shape index (κ3) is 2.39. The molecule has 0 unspecified atom stereocenters. The van der Waals surface area contributed by atoms with Crippen LogP contribution in [0.5, 0.6) is 0 Å². The molecule has 0 spiro atoms. The number of morpholine rings is 1. The third-order valence-corrected chi connectivity index (χ3v) is 3.76. The van der Waals surface area contributed by atoms with Gasteiger partial charge in [-0.1, -0.05) is 0 Å². The summed E-state index contributed by atoms with van der Waals surface area (Å²) in [5.74, 6) is 0. The van der Waals surface area contributed by atoms with Crippen LogP contribution < -0.4 is 0 Å². The van der Waals surface area contributed by atoms with Gasteiger partial charge in [0.1, 0.15) is 0 Å². The lowest BCUT2D eigenvalue weighted by Gasteiger charge is -2.26. The van der Waals surface area contributed by atoms with Crippen LogP contribution >= 0.6 is 0 Å². The zero-order valence-corrected chi connectivity index (χ0v) is 11.4. The van der Waals surface area contributed by atoms with Crippen LogP contribution in [0.3, 0.4) is 0 Å². The summed E-state index contributed by atoms with van der Waals surface area (Å²) in [4.78, 5) is 12.9. The fraction of sp³-hybridized carbons (Fsp3) is 0.429. The molecule has 1 aliphatic rings. The van der Waals surface area contributed by atoms with E-state index in [0.29, 0.717) is 0 Å². The van der Waals surface area contributed by atoms with Crippen LogP contribution in [0, 0.1) is 10.1 Å². The monoisotopic (exact) mass is 275 g/mol. The molecule has 1 saturated heterocycles. The van der Waals surface area contributed by atoms with Crippen LogP contribution in [-0.4, -0.2) is 40.7 Å². The van der Waals surface area contributed by atoms with Crippen LogP contribution in [0.4, 0.5) is 5.69 Å². The van der Waals surface area contributed by atoms with Crippen molar-refractivity contribution in [2.45, 2.75) is 6.54 Å². The molecule has 3 rings (SSSR count). The first kappa shape index (κ1) is 13.1. The topological polar surface area (TPSA) is 60.5 Å². The van der Waals surface area contributed by atoms with Gasteiger partial charge in [0.05, 0.1) is 18.1 Å². The number of non-ortho nitro benzene ring substituents is 1. The van der Waals surface area contributed by atoms with E-state index in [9.17, 15) is 10.1 Å². The molecule has 0 bridgehead atoms. The molecule has 0 N–H and O–H groups in total. The number of nitro benzene ring substituents is 1. The Kier molecular flexibility index (Phi) is 3.42. The molecule has 1 aromatic heterocycles. The average molecular weight is 275 g/mol. The van der Waals surface area contributed by atoms with Gasteiger partial charge in [0.25, 0.3) is 5.69 Å². The van der Waals surface area contributed by atoms with Gasteiger partial charge in [-0.05, 0) is 11.6 Å². The van der Waals surface area contributed by atoms with E-state index in [-0.39, 0.29) is 10.6 Å². The Bertz CT molecular complexity index is 644. The summed E-state index contributed by atoms with van der Waals surface area (Å²) in [5, 5.41) is 11.9. The highest BCUT2D eigenvalue weighted by Crippen LogP contribution is 2.26. The summed E-state index contributed by atoms with van der Waals surface area (Å²) in [6.07, 6.45) is 2.06. The van der Waals surface area contributed by atoms with E-state index in [0.717, 1.165) is 49.3 Å². The van der Waals surface area contributed by atoms with E-state index in [1.807, 2.05) is 17.7 Å². The summed E-state index contributed by atoms with van der Waals surface area (Å²) in [6, 6.07) is 5.04. The molecule has 1 aromatic carbocycles. The first-order valence-electron chi connectivity index (χ1n) is 6.67. The number of aryl methyl sites for hydroxylation is 1. The summed E-state index contributed by atoms with van der Waals surface area (Å²) in [7, 11) is 1.97. The number of nitro groups is 1. The van der Waals surface area contributed by atoms with Crippen molar-refractivity contribution in [1.29, 1.82) is 0 Å². The Hall–Kier alpha value is -1.92. The van der Waals surface area contributed by atoms with Crippen molar-refractivity contribution < 1.29 is 9.66 Å². The Balaban J connectivity index is 1.96. The predicted octanol–water partition coefficient (Wildman–Crippen LogP) is 1.92. The number of rotatable bonds is 3. The highest BCUT2D eigenvalue weighted by molar-refractivity contribution is 5.86. The van der Waals surface area contributed by atoms with Crippen molar-refractivity contribution in [2.24, 2.45) is 7.05 Å². The Morgan fingerprint density at radius 1 is 1.35 bits per heavy atom. The van der Waals surface area contributed by atoms with E-state index in [1.165, 1.54) is 0 Å². The second-order valence-corrected chi connectivity index (χ2v) is 5.11. The summed E-state index contributed by atoms with van der Waals surface area (Å²) >= 11 is 0. The molecule has 6 heteroatoms. The van der Waals surface area contributed by atoms with Crippen molar-refractivity contribution in [2.75, 3.05) is 26.3 Å². The van der Waals surface area contributed by atoms with Gasteiger partial charge in [-0.2, -0.15) is 0 Å². The van der Waals surface area contributed by atoms with E-state index < -0.39 is 0 Å². The zero-order valence-electron chi connectivity index (χ0n) is 11.4. The van der Waals surface area contributed by atoms with Gasteiger partial charge in [-0.3, -0.25) is 15.0 Å². The average Bonchev–Trinajstić information content (AvgIpc) is 2.76. The first-order chi connectivity index (χ1) is 9.65. The van der Waals surface area contributed by atoms with Crippen LogP contribution in [0.25, 0.3) is 10.9 Å².